The summed E-state index contributed by atoms with van der Waals surface area (Å²) in [5, 5.41) is 3.18. The van der Waals surface area contributed by atoms with Crippen LogP contribution in [0.3, 0.4) is 0 Å². The third-order valence-electron chi connectivity index (χ3n) is 3.66. The molecule has 1 saturated heterocycles. The van der Waals surface area contributed by atoms with E-state index >= 15 is 0 Å². The van der Waals surface area contributed by atoms with Crippen molar-refractivity contribution in [2.45, 2.75) is 39.5 Å². The van der Waals surface area contributed by atoms with Gasteiger partial charge < -0.3 is 5.32 Å². The Morgan fingerprint density at radius 2 is 1.68 bits per heavy atom. The molecule has 0 radical (unpaired) electrons. The molecule has 6 heteroatoms. The summed E-state index contributed by atoms with van der Waals surface area (Å²) >= 11 is 0. The normalized spacial score (nSPS) is 19.2. The lowest BCUT2D eigenvalue weighted by atomic mass is 9.98. The summed E-state index contributed by atoms with van der Waals surface area (Å²) in [6.45, 7) is 7.63. The van der Waals surface area contributed by atoms with E-state index in [1.165, 1.54) is 0 Å². The van der Waals surface area contributed by atoms with Crippen LogP contribution in [-0.2, 0) is 10.2 Å². The van der Waals surface area contributed by atoms with Crippen LogP contribution in [0.1, 0.15) is 39.5 Å². The van der Waals surface area contributed by atoms with Crippen molar-refractivity contribution in [3.05, 3.63) is 0 Å². The molecule has 5 nitrogen and oxygen atoms in total. The fourth-order valence-electron chi connectivity index (χ4n) is 2.64. The van der Waals surface area contributed by atoms with Crippen LogP contribution in [0.5, 0.6) is 0 Å². The lowest BCUT2D eigenvalue weighted by Crippen LogP contribution is -2.48. The van der Waals surface area contributed by atoms with E-state index in [0.717, 1.165) is 32.2 Å². The second kappa shape index (κ2) is 8.19. The topological polar surface area (TPSA) is 52.7 Å². The molecule has 0 aromatic heterocycles. The van der Waals surface area contributed by atoms with E-state index in [-0.39, 0.29) is 0 Å². The first kappa shape index (κ1) is 16.9. The molecule has 1 heterocycles. The Balaban J connectivity index is 2.62. The maximum absolute atomic E-state index is 12.6. The zero-order valence-corrected chi connectivity index (χ0v) is 13.4. The molecule has 1 N–H and O–H groups in total. The molecule has 1 aliphatic rings. The van der Waals surface area contributed by atoms with Gasteiger partial charge in [-0.1, -0.05) is 13.8 Å². The maximum Gasteiger partial charge on any atom is 0.281 e. The fraction of sp³-hybridized carbons (Fsp3) is 1.00. The predicted octanol–water partition coefficient (Wildman–Crippen LogP) is 1.28. The predicted molar refractivity (Wildman–Crippen MR) is 79.3 cm³/mol. The average Bonchev–Trinajstić information content (AvgIpc) is 2.39. The Kier molecular flexibility index (Phi) is 7.28. The number of nitrogens with zero attached hydrogens (tertiary/aromatic N) is 2. The van der Waals surface area contributed by atoms with E-state index in [9.17, 15) is 8.42 Å². The third-order valence-corrected chi connectivity index (χ3v) is 5.70. The minimum Gasteiger partial charge on any atom is -0.319 e. The van der Waals surface area contributed by atoms with E-state index < -0.39 is 10.2 Å². The number of rotatable bonds is 8. The van der Waals surface area contributed by atoms with E-state index in [0.29, 0.717) is 32.1 Å². The van der Waals surface area contributed by atoms with Gasteiger partial charge in [0.25, 0.3) is 10.2 Å². The highest BCUT2D eigenvalue weighted by molar-refractivity contribution is 7.86. The summed E-state index contributed by atoms with van der Waals surface area (Å²) in [5.41, 5.74) is 0. The lowest BCUT2D eigenvalue weighted by Gasteiger charge is -2.34. The Labute approximate surface area is 118 Å². The van der Waals surface area contributed by atoms with Gasteiger partial charge in [-0.2, -0.15) is 17.0 Å². The molecule has 1 fully saturated rings. The summed E-state index contributed by atoms with van der Waals surface area (Å²) in [5.74, 6) is 0.613. The van der Waals surface area contributed by atoms with E-state index in [4.69, 9.17) is 0 Å². The first-order valence-electron chi connectivity index (χ1n) is 7.46. The molecule has 0 bridgehead atoms. The Hall–Kier alpha value is -0.170. The SMILES string of the molecule is CCCN(CCC)S(=O)(=O)N1CCC(CNC)CC1. The van der Waals surface area contributed by atoms with E-state index in [1.54, 1.807) is 8.61 Å². The van der Waals surface area contributed by atoms with Crippen LogP contribution in [0.15, 0.2) is 0 Å². The van der Waals surface area contributed by atoms with Crippen molar-refractivity contribution < 1.29 is 8.42 Å². The van der Waals surface area contributed by atoms with E-state index in [2.05, 4.69) is 5.32 Å². The van der Waals surface area contributed by atoms with Gasteiger partial charge in [0.2, 0.25) is 0 Å². The van der Waals surface area contributed by atoms with Crippen molar-refractivity contribution in [3.63, 3.8) is 0 Å². The molecule has 0 unspecified atom stereocenters. The highest BCUT2D eigenvalue weighted by Crippen LogP contribution is 2.21. The minimum absolute atomic E-state index is 0.613. The van der Waals surface area contributed by atoms with Crippen LogP contribution in [0.25, 0.3) is 0 Å². The summed E-state index contributed by atoms with van der Waals surface area (Å²) in [7, 11) is -1.29. The quantitative estimate of drug-likeness (QED) is 0.733. The van der Waals surface area contributed by atoms with Crippen LogP contribution in [0.4, 0.5) is 0 Å². The first-order valence-corrected chi connectivity index (χ1v) is 8.85. The van der Waals surface area contributed by atoms with Crippen molar-refractivity contribution in [1.29, 1.82) is 0 Å². The van der Waals surface area contributed by atoms with Gasteiger partial charge in [0, 0.05) is 26.2 Å². The van der Waals surface area contributed by atoms with Gasteiger partial charge in [-0.15, -0.1) is 0 Å². The second-order valence-electron chi connectivity index (χ2n) is 5.31. The number of hydrogen-bond acceptors (Lipinski definition) is 3. The van der Waals surface area contributed by atoms with Crippen molar-refractivity contribution in [2.75, 3.05) is 39.8 Å². The number of nitrogens with one attached hydrogen (secondary N) is 1. The van der Waals surface area contributed by atoms with Gasteiger partial charge >= 0.3 is 0 Å². The fourth-order valence-corrected chi connectivity index (χ4v) is 4.46. The third kappa shape index (κ3) is 4.70. The van der Waals surface area contributed by atoms with Crippen molar-refractivity contribution in [1.82, 2.24) is 13.9 Å². The molecule has 114 valence electrons. The van der Waals surface area contributed by atoms with Crippen LogP contribution in [0, 0.1) is 5.92 Å². The van der Waals surface area contributed by atoms with Gasteiger partial charge in [0.05, 0.1) is 0 Å². The van der Waals surface area contributed by atoms with E-state index in [1.807, 2.05) is 20.9 Å². The molecule has 0 aliphatic carbocycles. The van der Waals surface area contributed by atoms with Crippen LogP contribution < -0.4 is 5.32 Å². The molecule has 1 aliphatic heterocycles. The average molecular weight is 291 g/mol. The maximum atomic E-state index is 12.6. The molecule has 0 aromatic carbocycles. The monoisotopic (exact) mass is 291 g/mol. The number of piperidine rings is 1. The van der Waals surface area contributed by atoms with Crippen LogP contribution in [-0.4, -0.2) is 56.8 Å². The van der Waals surface area contributed by atoms with Crippen molar-refractivity contribution in [2.24, 2.45) is 5.92 Å². The summed E-state index contributed by atoms with van der Waals surface area (Å²) in [6, 6.07) is 0. The van der Waals surface area contributed by atoms with Crippen molar-refractivity contribution >= 4 is 10.2 Å². The molecule has 0 saturated carbocycles. The summed E-state index contributed by atoms with van der Waals surface area (Å²) < 4.78 is 28.4. The Morgan fingerprint density at radius 1 is 1.16 bits per heavy atom. The molecule has 0 atom stereocenters. The molecule has 0 aromatic rings. The molecular formula is C13H29N3O2S. The standard InChI is InChI=1S/C13H29N3O2S/c1-4-8-15(9-5-2)19(17,18)16-10-6-13(7-11-16)12-14-3/h13-14H,4-12H2,1-3H3. The molecular weight excluding hydrogens is 262 g/mol. The zero-order chi connectivity index (χ0) is 14.3. The second-order valence-corrected chi connectivity index (χ2v) is 7.24. The molecule has 0 amide bonds. The largest absolute Gasteiger partial charge is 0.319 e. The molecule has 19 heavy (non-hydrogen) atoms. The number of hydrogen-bond donors (Lipinski definition) is 1. The van der Waals surface area contributed by atoms with Gasteiger partial charge in [-0.25, -0.2) is 0 Å². The van der Waals surface area contributed by atoms with Gasteiger partial charge in [0.1, 0.15) is 0 Å². The van der Waals surface area contributed by atoms with Crippen LogP contribution in [0.2, 0.25) is 0 Å². The van der Waals surface area contributed by atoms with Crippen molar-refractivity contribution in [3.8, 4) is 0 Å². The molecule has 1 rings (SSSR count). The lowest BCUT2D eigenvalue weighted by molar-refractivity contribution is 0.251. The first-order chi connectivity index (χ1) is 9.06. The highest BCUT2D eigenvalue weighted by atomic mass is 32.2. The Morgan fingerprint density at radius 3 is 2.11 bits per heavy atom. The van der Waals surface area contributed by atoms with Gasteiger partial charge in [-0.3, -0.25) is 0 Å². The minimum atomic E-state index is -3.24. The van der Waals surface area contributed by atoms with Crippen LogP contribution >= 0.6 is 0 Å². The smallest absolute Gasteiger partial charge is 0.281 e. The summed E-state index contributed by atoms with van der Waals surface area (Å²) in [4.78, 5) is 0. The highest BCUT2D eigenvalue weighted by Gasteiger charge is 2.31. The van der Waals surface area contributed by atoms with Gasteiger partial charge in [0.15, 0.2) is 0 Å². The molecule has 0 spiro atoms. The van der Waals surface area contributed by atoms with Gasteiger partial charge in [-0.05, 0) is 45.2 Å². The Bertz CT molecular complexity index is 332. The zero-order valence-electron chi connectivity index (χ0n) is 12.6. The summed E-state index contributed by atoms with van der Waals surface area (Å²) in [6.07, 6.45) is 3.67.